The minimum absolute atomic E-state index is 0.363. The molecule has 2 aliphatic heterocycles. The highest BCUT2D eigenvalue weighted by Gasteiger charge is 2.42. The fraction of sp³-hybridized carbons (Fsp3) is 0.500. The van der Waals surface area contributed by atoms with Crippen molar-refractivity contribution >= 4 is 18.5 Å². The van der Waals surface area contributed by atoms with E-state index in [9.17, 15) is 4.91 Å². The second-order valence-electron chi connectivity index (χ2n) is 2.43. The molecule has 0 aromatic rings. The largest absolute Gasteiger partial charge is 0.338 e. The zero-order valence-corrected chi connectivity index (χ0v) is 6.41. The van der Waals surface area contributed by atoms with E-state index in [2.05, 4.69) is 15.0 Å². The Morgan fingerprint density at radius 1 is 1.67 bits per heavy atom. The van der Waals surface area contributed by atoms with E-state index in [1.807, 2.05) is 0 Å². The Hall–Kier alpha value is -1.43. The lowest BCUT2D eigenvalue weighted by molar-refractivity contribution is -0.527. The third kappa shape index (κ3) is 0.884. The molecule has 2 unspecified atom stereocenters. The molecule has 6 nitrogen and oxygen atoms in total. The van der Waals surface area contributed by atoms with Crippen LogP contribution in [0.15, 0.2) is 15.0 Å². The van der Waals surface area contributed by atoms with Gasteiger partial charge in [-0.1, -0.05) is 4.91 Å². The van der Waals surface area contributed by atoms with Gasteiger partial charge in [0.15, 0.2) is 0 Å². The van der Waals surface area contributed by atoms with E-state index in [-0.39, 0.29) is 6.04 Å². The number of hydrogen-bond donors (Lipinski definition) is 0. The maximum Gasteiger partial charge on any atom is 0.330 e. The third-order valence-corrected chi connectivity index (χ3v) is 1.75. The van der Waals surface area contributed by atoms with Crippen molar-refractivity contribution in [1.82, 2.24) is 0 Å². The van der Waals surface area contributed by atoms with Crippen LogP contribution in [-0.4, -0.2) is 42.7 Å². The number of amidine groups is 1. The quantitative estimate of drug-likeness (QED) is 0.498. The van der Waals surface area contributed by atoms with Crippen LogP contribution in [0.3, 0.4) is 0 Å². The zero-order chi connectivity index (χ0) is 8.55. The van der Waals surface area contributed by atoms with Crippen molar-refractivity contribution in [3.05, 3.63) is 4.91 Å². The molecule has 0 saturated heterocycles. The van der Waals surface area contributed by atoms with Crippen LogP contribution in [0.4, 0.5) is 0 Å². The van der Waals surface area contributed by atoms with Crippen LogP contribution in [0.5, 0.6) is 0 Å². The number of aliphatic imine (C=N–C) groups is 3. The van der Waals surface area contributed by atoms with Gasteiger partial charge in [0.25, 0.3) is 12.1 Å². The van der Waals surface area contributed by atoms with Gasteiger partial charge in [0, 0.05) is 11.9 Å². The molecule has 0 aliphatic carbocycles. The van der Waals surface area contributed by atoms with Crippen molar-refractivity contribution in [2.45, 2.75) is 12.3 Å². The van der Waals surface area contributed by atoms with E-state index in [0.717, 1.165) is 6.34 Å². The second kappa shape index (κ2) is 2.56. The highest BCUT2D eigenvalue weighted by molar-refractivity contribution is 6.01. The van der Waals surface area contributed by atoms with Crippen molar-refractivity contribution in [3.8, 4) is 0 Å². The van der Waals surface area contributed by atoms with Gasteiger partial charge in [0.1, 0.15) is 6.34 Å². The summed E-state index contributed by atoms with van der Waals surface area (Å²) < 4.78 is 5.58. The highest BCUT2D eigenvalue weighted by atomic mass is 16.5. The Bertz CT molecular complexity index is 307. The zero-order valence-electron chi connectivity index (χ0n) is 6.41. The van der Waals surface area contributed by atoms with Crippen LogP contribution in [-0.2, 0) is 4.74 Å². The summed E-state index contributed by atoms with van der Waals surface area (Å²) in [5.74, 6) is 0.536. The first-order valence-electron chi connectivity index (χ1n) is 3.44. The molecule has 0 aromatic carbocycles. The second-order valence-corrected chi connectivity index (χ2v) is 2.43. The molecule has 6 heteroatoms. The molecule has 0 N–H and O–H groups in total. The van der Waals surface area contributed by atoms with Gasteiger partial charge in [-0.15, -0.1) is 0 Å². The molecule has 12 heavy (non-hydrogen) atoms. The van der Waals surface area contributed by atoms with E-state index in [0.29, 0.717) is 10.6 Å². The van der Waals surface area contributed by atoms with Gasteiger partial charge in [-0.25, -0.2) is 0 Å². The summed E-state index contributed by atoms with van der Waals surface area (Å²) in [5, 5.41) is 0. The normalized spacial score (nSPS) is 32.1. The lowest BCUT2D eigenvalue weighted by Gasteiger charge is -2.13. The third-order valence-electron chi connectivity index (χ3n) is 1.75. The van der Waals surface area contributed by atoms with Gasteiger partial charge in [0.2, 0.25) is 6.04 Å². The van der Waals surface area contributed by atoms with E-state index >= 15 is 0 Å². The molecule has 2 rings (SSSR count). The number of methoxy groups -OCH3 is 1. The Morgan fingerprint density at radius 3 is 3.25 bits per heavy atom. The van der Waals surface area contributed by atoms with Gasteiger partial charge in [0.05, 0.1) is 0 Å². The summed E-state index contributed by atoms with van der Waals surface area (Å²) in [6, 6.07) is -0.363. The number of rotatable bonds is 1. The van der Waals surface area contributed by atoms with E-state index < -0.39 is 6.23 Å². The fourth-order valence-corrected chi connectivity index (χ4v) is 1.17. The summed E-state index contributed by atoms with van der Waals surface area (Å²) in [5.41, 5.74) is 0. The van der Waals surface area contributed by atoms with Gasteiger partial charge >= 0.3 is 6.34 Å². The maximum absolute atomic E-state index is 11.1. The van der Waals surface area contributed by atoms with Gasteiger partial charge in [-0.2, -0.15) is 4.99 Å². The van der Waals surface area contributed by atoms with Crippen molar-refractivity contribution in [2.75, 3.05) is 7.11 Å². The molecule has 0 aromatic heterocycles. The Morgan fingerprint density at radius 2 is 2.50 bits per heavy atom. The molecular weight excluding hydrogens is 160 g/mol. The Kier molecular flexibility index (Phi) is 1.54. The van der Waals surface area contributed by atoms with Crippen molar-refractivity contribution in [1.29, 1.82) is 0 Å². The van der Waals surface area contributed by atoms with Gasteiger partial charge < -0.3 is 4.74 Å². The number of nitroso groups, excluding NO2 is 1. The molecular formula is C6H7N4O2+. The van der Waals surface area contributed by atoms with Crippen molar-refractivity contribution < 1.29 is 9.50 Å². The van der Waals surface area contributed by atoms with Gasteiger partial charge in [-0.05, 0) is 4.99 Å². The lowest BCUT2D eigenvalue weighted by Crippen LogP contribution is -2.43. The monoisotopic (exact) mass is 167 g/mol. The summed E-state index contributed by atoms with van der Waals surface area (Å²) in [6.07, 6.45) is 1.92. The topological polar surface area (TPSA) is 66.4 Å². The van der Waals surface area contributed by atoms with E-state index in [1.54, 1.807) is 0 Å². The first-order valence-corrected chi connectivity index (χ1v) is 3.44. The van der Waals surface area contributed by atoms with Crippen LogP contribution in [0.1, 0.15) is 0 Å². The fourth-order valence-electron chi connectivity index (χ4n) is 1.17. The number of fused-ring (bicyclic) bond motifs is 1. The summed E-state index contributed by atoms with van der Waals surface area (Å²) in [7, 11) is 1.46. The first kappa shape index (κ1) is 7.23. The summed E-state index contributed by atoms with van der Waals surface area (Å²) >= 11 is 0. The minimum atomic E-state index is -0.625. The van der Waals surface area contributed by atoms with Crippen LogP contribution >= 0.6 is 0 Å². The van der Waals surface area contributed by atoms with Crippen LogP contribution in [0.25, 0.3) is 0 Å². The molecule has 0 bridgehead atoms. The average Bonchev–Trinajstić information content (AvgIpc) is 2.52. The smallest absolute Gasteiger partial charge is 0.330 e. The molecule has 2 atom stereocenters. The van der Waals surface area contributed by atoms with Crippen LogP contribution < -0.4 is 0 Å². The SMILES string of the molecule is COC1C2N=CN=C2N=C[N+]1=O. The van der Waals surface area contributed by atoms with E-state index in [1.165, 1.54) is 13.4 Å². The maximum atomic E-state index is 11.1. The molecule has 2 heterocycles. The number of hydrogen-bond acceptors (Lipinski definition) is 5. The Balaban J connectivity index is 2.35. The molecule has 0 saturated carbocycles. The molecule has 2 aliphatic rings. The highest BCUT2D eigenvalue weighted by Crippen LogP contribution is 2.14. The molecule has 0 spiro atoms. The van der Waals surface area contributed by atoms with E-state index in [4.69, 9.17) is 4.74 Å². The Labute approximate surface area is 68.3 Å². The molecule has 62 valence electrons. The molecule has 0 amide bonds. The van der Waals surface area contributed by atoms with Crippen LogP contribution in [0.2, 0.25) is 0 Å². The van der Waals surface area contributed by atoms with Crippen molar-refractivity contribution in [2.24, 2.45) is 15.0 Å². The summed E-state index contributed by atoms with van der Waals surface area (Å²) in [6.45, 7) is 0. The van der Waals surface area contributed by atoms with Crippen LogP contribution in [0, 0.1) is 4.91 Å². The minimum Gasteiger partial charge on any atom is -0.338 e. The molecule has 0 radical (unpaired) electrons. The molecule has 0 fully saturated rings. The van der Waals surface area contributed by atoms with Gasteiger partial charge in [-0.3, -0.25) is 4.99 Å². The number of nitrogens with zero attached hydrogens (tertiary/aromatic N) is 4. The first-order chi connectivity index (χ1) is 5.83. The predicted molar refractivity (Wildman–Crippen MR) is 42.6 cm³/mol. The number of ether oxygens (including phenoxy) is 1. The lowest BCUT2D eigenvalue weighted by atomic mass is 10.2. The standard InChI is InChI=1S/C6H7N4O2/c1-12-6-4-5(8-2-7-4)9-3-10(6)11/h2-4,6H,1H3/q+1. The predicted octanol–water partition coefficient (Wildman–Crippen LogP) is -0.411. The van der Waals surface area contributed by atoms with Crippen molar-refractivity contribution in [3.63, 3.8) is 0 Å². The summed E-state index contributed by atoms with van der Waals surface area (Å²) in [4.78, 5) is 22.7. The average molecular weight is 167 g/mol.